The Balaban J connectivity index is 1.82. The predicted molar refractivity (Wildman–Crippen MR) is 85.4 cm³/mol. The van der Waals surface area contributed by atoms with Crippen LogP contribution in [0.25, 0.3) is 0 Å². The molecule has 1 atom stereocenters. The maximum Gasteiger partial charge on any atom is 0.337 e. The molecule has 1 saturated heterocycles. The minimum Gasteiger partial charge on any atom is -0.478 e. The van der Waals surface area contributed by atoms with Crippen molar-refractivity contribution in [3.05, 3.63) is 23.8 Å². The lowest BCUT2D eigenvalue weighted by Gasteiger charge is -2.33. The van der Waals surface area contributed by atoms with Crippen molar-refractivity contribution in [2.75, 3.05) is 23.3 Å². The molecule has 1 amide bonds. The molecule has 2 N–H and O–H groups in total. The Hall–Kier alpha value is -2.04. The van der Waals surface area contributed by atoms with Gasteiger partial charge >= 0.3 is 5.97 Å². The predicted octanol–water partition coefficient (Wildman–Crippen LogP) is 2.97. The summed E-state index contributed by atoms with van der Waals surface area (Å²) in [4.78, 5) is 25.6. The highest BCUT2D eigenvalue weighted by Crippen LogP contribution is 2.32. The Kier molecular flexibility index (Phi) is 4.05. The zero-order valence-electron chi connectivity index (χ0n) is 12.8. The van der Waals surface area contributed by atoms with Crippen molar-refractivity contribution in [1.29, 1.82) is 0 Å². The van der Waals surface area contributed by atoms with Crippen LogP contribution >= 0.6 is 0 Å². The van der Waals surface area contributed by atoms with Gasteiger partial charge in [0.2, 0.25) is 5.91 Å². The second kappa shape index (κ2) is 5.99. The number of hydrogen-bond acceptors (Lipinski definition) is 3. The number of carbonyl (C=O) groups excluding carboxylic acids is 1. The van der Waals surface area contributed by atoms with E-state index >= 15 is 0 Å². The first-order chi connectivity index (χ1) is 10.5. The van der Waals surface area contributed by atoms with Gasteiger partial charge in [0.25, 0.3) is 0 Å². The SMILES string of the molecule is C[C@@H]1CCCN(c2ccc(NC(=O)C3CC3)c(C(=O)O)c2)C1. The molecule has 3 rings (SSSR count). The summed E-state index contributed by atoms with van der Waals surface area (Å²) in [6.07, 6.45) is 4.15. The topological polar surface area (TPSA) is 69.6 Å². The second-order valence-corrected chi connectivity index (χ2v) is 6.49. The Labute approximate surface area is 130 Å². The van der Waals surface area contributed by atoms with Gasteiger partial charge in [-0.3, -0.25) is 4.79 Å². The van der Waals surface area contributed by atoms with Crippen LogP contribution in [-0.2, 0) is 4.79 Å². The van der Waals surface area contributed by atoms with Crippen LogP contribution in [0.5, 0.6) is 0 Å². The van der Waals surface area contributed by atoms with Gasteiger partial charge in [-0.25, -0.2) is 4.79 Å². The minimum absolute atomic E-state index is 0.0595. The molecule has 0 radical (unpaired) electrons. The number of hydrogen-bond donors (Lipinski definition) is 2. The maximum absolute atomic E-state index is 11.9. The molecule has 1 heterocycles. The molecule has 0 spiro atoms. The fourth-order valence-corrected chi connectivity index (χ4v) is 3.02. The van der Waals surface area contributed by atoms with E-state index in [0.29, 0.717) is 11.6 Å². The zero-order chi connectivity index (χ0) is 15.7. The molecule has 1 aromatic rings. The van der Waals surface area contributed by atoms with Gasteiger partial charge in [-0.1, -0.05) is 6.92 Å². The van der Waals surface area contributed by atoms with Crippen molar-refractivity contribution in [1.82, 2.24) is 0 Å². The van der Waals surface area contributed by atoms with Gasteiger partial charge in [-0.05, 0) is 49.8 Å². The first-order valence-electron chi connectivity index (χ1n) is 7.97. The molecular formula is C17H22N2O3. The molecule has 5 heteroatoms. The van der Waals surface area contributed by atoms with E-state index in [1.165, 1.54) is 6.42 Å². The van der Waals surface area contributed by atoms with Gasteiger partial charge in [-0.15, -0.1) is 0 Å². The number of carboxylic acids is 1. The van der Waals surface area contributed by atoms with E-state index in [9.17, 15) is 14.7 Å². The van der Waals surface area contributed by atoms with Crippen LogP contribution in [0.3, 0.4) is 0 Å². The lowest BCUT2D eigenvalue weighted by Crippen LogP contribution is -2.34. The van der Waals surface area contributed by atoms with Crippen LogP contribution in [0, 0.1) is 11.8 Å². The molecule has 2 fully saturated rings. The van der Waals surface area contributed by atoms with Crippen molar-refractivity contribution in [3.8, 4) is 0 Å². The van der Waals surface area contributed by atoms with Crippen molar-refractivity contribution >= 4 is 23.3 Å². The van der Waals surface area contributed by atoms with Gasteiger partial charge in [0.1, 0.15) is 0 Å². The van der Waals surface area contributed by atoms with Crippen molar-refractivity contribution in [3.63, 3.8) is 0 Å². The van der Waals surface area contributed by atoms with E-state index in [0.717, 1.165) is 38.0 Å². The molecule has 1 saturated carbocycles. The first kappa shape index (κ1) is 14.9. The molecule has 0 unspecified atom stereocenters. The fourth-order valence-electron chi connectivity index (χ4n) is 3.02. The zero-order valence-corrected chi connectivity index (χ0v) is 12.8. The van der Waals surface area contributed by atoms with Crippen LogP contribution in [0.2, 0.25) is 0 Å². The smallest absolute Gasteiger partial charge is 0.337 e. The summed E-state index contributed by atoms with van der Waals surface area (Å²) in [6, 6.07) is 5.31. The number of nitrogens with zero attached hydrogens (tertiary/aromatic N) is 1. The highest BCUT2D eigenvalue weighted by Gasteiger charge is 2.30. The van der Waals surface area contributed by atoms with Gasteiger partial charge in [0.15, 0.2) is 0 Å². The summed E-state index contributed by atoms with van der Waals surface area (Å²) in [7, 11) is 0. The minimum atomic E-state index is -1.00. The lowest BCUT2D eigenvalue weighted by atomic mass is 9.99. The third kappa shape index (κ3) is 3.24. The normalized spacial score (nSPS) is 21.5. The molecule has 1 aromatic carbocycles. The van der Waals surface area contributed by atoms with Crippen LogP contribution in [0.4, 0.5) is 11.4 Å². The Morgan fingerprint density at radius 2 is 2.05 bits per heavy atom. The molecular weight excluding hydrogens is 280 g/mol. The Morgan fingerprint density at radius 3 is 2.68 bits per heavy atom. The molecule has 1 aliphatic heterocycles. The van der Waals surface area contributed by atoms with Crippen molar-refractivity contribution in [2.45, 2.75) is 32.6 Å². The van der Waals surface area contributed by atoms with E-state index in [1.807, 2.05) is 6.07 Å². The van der Waals surface area contributed by atoms with Gasteiger partial charge in [-0.2, -0.15) is 0 Å². The standard InChI is InChI=1S/C17H22N2O3/c1-11-3-2-8-19(10-11)13-6-7-15(14(9-13)17(21)22)18-16(20)12-4-5-12/h6-7,9,11-12H,2-5,8,10H2,1H3,(H,18,20)(H,21,22)/t11-/m1/s1. The van der Waals surface area contributed by atoms with E-state index in [1.54, 1.807) is 12.1 Å². The molecule has 22 heavy (non-hydrogen) atoms. The Morgan fingerprint density at radius 1 is 1.27 bits per heavy atom. The van der Waals surface area contributed by atoms with E-state index < -0.39 is 5.97 Å². The largest absolute Gasteiger partial charge is 0.478 e. The molecule has 1 aliphatic carbocycles. The summed E-state index contributed by atoms with van der Waals surface area (Å²) in [5.41, 5.74) is 1.50. The molecule has 118 valence electrons. The highest BCUT2D eigenvalue weighted by molar-refractivity contribution is 6.02. The number of piperidine rings is 1. The molecule has 2 aliphatic rings. The number of amides is 1. The molecule has 0 aromatic heterocycles. The van der Waals surface area contributed by atoms with E-state index in [-0.39, 0.29) is 17.4 Å². The monoisotopic (exact) mass is 302 g/mol. The quantitative estimate of drug-likeness (QED) is 0.897. The average molecular weight is 302 g/mol. The maximum atomic E-state index is 11.9. The molecule has 0 bridgehead atoms. The first-order valence-corrected chi connectivity index (χ1v) is 7.97. The third-order valence-electron chi connectivity index (χ3n) is 4.46. The average Bonchev–Trinajstić information content (AvgIpc) is 3.32. The van der Waals surface area contributed by atoms with Crippen molar-refractivity contribution < 1.29 is 14.7 Å². The second-order valence-electron chi connectivity index (χ2n) is 6.49. The summed E-state index contributed by atoms with van der Waals surface area (Å²) >= 11 is 0. The summed E-state index contributed by atoms with van der Waals surface area (Å²) in [6.45, 7) is 4.12. The summed E-state index contributed by atoms with van der Waals surface area (Å²) in [5, 5.41) is 12.2. The van der Waals surface area contributed by atoms with Gasteiger partial charge in [0.05, 0.1) is 11.3 Å². The van der Waals surface area contributed by atoms with Gasteiger partial charge in [0, 0.05) is 24.7 Å². The van der Waals surface area contributed by atoms with Gasteiger partial charge < -0.3 is 15.3 Å². The van der Waals surface area contributed by atoms with E-state index in [4.69, 9.17) is 0 Å². The summed E-state index contributed by atoms with van der Waals surface area (Å²) in [5.74, 6) is -0.389. The lowest BCUT2D eigenvalue weighted by molar-refractivity contribution is -0.117. The number of rotatable bonds is 4. The number of benzene rings is 1. The van der Waals surface area contributed by atoms with E-state index in [2.05, 4.69) is 17.1 Å². The number of nitrogens with one attached hydrogen (secondary N) is 1. The summed E-state index contributed by atoms with van der Waals surface area (Å²) < 4.78 is 0. The van der Waals surface area contributed by atoms with Crippen LogP contribution in [-0.4, -0.2) is 30.1 Å². The van der Waals surface area contributed by atoms with Crippen molar-refractivity contribution in [2.24, 2.45) is 11.8 Å². The van der Waals surface area contributed by atoms with Crippen LogP contribution in [0.15, 0.2) is 18.2 Å². The Bertz CT molecular complexity index is 596. The number of aromatic carboxylic acids is 1. The third-order valence-corrected chi connectivity index (χ3v) is 4.46. The van der Waals surface area contributed by atoms with Crippen LogP contribution < -0.4 is 10.2 Å². The fraction of sp³-hybridized carbons (Fsp3) is 0.529. The molecule has 5 nitrogen and oxygen atoms in total. The van der Waals surface area contributed by atoms with Crippen LogP contribution in [0.1, 0.15) is 43.0 Å². The highest BCUT2D eigenvalue weighted by atomic mass is 16.4. The number of anilines is 2. The number of carboxylic acid groups (broad SMARTS) is 1. The number of carbonyl (C=O) groups is 2.